The van der Waals surface area contributed by atoms with Gasteiger partial charge in [-0.3, -0.25) is 0 Å². The Morgan fingerprint density at radius 2 is 2.00 bits per heavy atom. The normalized spacial score (nSPS) is 16.2. The number of hydrogen-bond acceptors (Lipinski definition) is 3. The lowest BCUT2D eigenvalue weighted by Gasteiger charge is -2.28. The van der Waals surface area contributed by atoms with Crippen molar-refractivity contribution < 1.29 is 4.74 Å². The van der Waals surface area contributed by atoms with Crippen LogP contribution >= 0.6 is 0 Å². The van der Waals surface area contributed by atoms with E-state index in [4.69, 9.17) is 4.74 Å². The predicted molar refractivity (Wildman–Crippen MR) is 57.1 cm³/mol. The first-order valence-electron chi connectivity index (χ1n) is 5.01. The van der Waals surface area contributed by atoms with Gasteiger partial charge in [-0.2, -0.15) is 0 Å². The first-order chi connectivity index (χ1) is 6.13. The Kier molecular flexibility index (Phi) is 7.23. The summed E-state index contributed by atoms with van der Waals surface area (Å²) in [4.78, 5) is 2.34. The van der Waals surface area contributed by atoms with Gasteiger partial charge in [-0.25, -0.2) is 0 Å². The summed E-state index contributed by atoms with van der Waals surface area (Å²) >= 11 is 0. The molecule has 0 spiro atoms. The number of methoxy groups -OCH3 is 1. The Hall–Kier alpha value is -0.120. The molecule has 0 heterocycles. The Balaban J connectivity index is 3.62. The summed E-state index contributed by atoms with van der Waals surface area (Å²) in [6.07, 6.45) is 1.49. The maximum absolute atomic E-state index is 5.28. The quantitative estimate of drug-likeness (QED) is 0.602. The highest BCUT2D eigenvalue weighted by Crippen LogP contribution is 2.04. The van der Waals surface area contributed by atoms with Gasteiger partial charge in [0.1, 0.15) is 0 Å². The van der Waals surface area contributed by atoms with Crippen LogP contribution in [0, 0.1) is 0 Å². The Labute approximate surface area is 82.4 Å². The summed E-state index contributed by atoms with van der Waals surface area (Å²) < 4.78 is 5.28. The van der Waals surface area contributed by atoms with E-state index in [9.17, 15) is 0 Å². The van der Waals surface area contributed by atoms with Gasteiger partial charge in [0.15, 0.2) is 0 Å². The molecule has 3 nitrogen and oxygen atoms in total. The SMILES string of the molecule is CNCCCN(C)C(C)C(C)OC. The molecule has 13 heavy (non-hydrogen) atoms. The Morgan fingerprint density at radius 3 is 2.46 bits per heavy atom. The molecule has 3 heteroatoms. The van der Waals surface area contributed by atoms with Gasteiger partial charge < -0.3 is 15.0 Å². The van der Waals surface area contributed by atoms with Crippen LogP contribution in [-0.4, -0.2) is 51.3 Å². The van der Waals surface area contributed by atoms with Crippen LogP contribution in [0.15, 0.2) is 0 Å². The standard InChI is InChI=1S/C10H24N2O/c1-9(10(2)13-5)12(4)8-6-7-11-3/h9-11H,6-8H2,1-5H3. The monoisotopic (exact) mass is 188 g/mol. The van der Waals surface area contributed by atoms with Crippen molar-refractivity contribution in [2.75, 3.05) is 34.3 Å². The van der Waals surface area contributed by atoms with Crippen LogP contribution < -0.4 is 5.32 Å². The highest BCUT2D eigenvalue weighted by molar-refractivity contribution is 4.69. The van der Waals surface area contributed by atoms with Crippen molar-refractivity contribution in [2.45, 2.75) is 32.4 Å². The lowest BCUT2D eigenvalue weighted by Crippen LogP contribution is -2.39. The highest BCUT2D eigenvalue weighted by Gasteiger charge is 2.15. The lowest BCUT2D eigenvalue weighted by atomic mass is 10.2. The van der Waals surface area contributed by atoms with Crippen molar-refractivity contribution in [3.8, 4) is 0 Å². The fraction of sp³-hybridized carbons (Fsp3) is 1.00. The van der Waals surface area contributed by atoms with E-state index in [-0.39, 0.29) is 0 Å². The summed E-state index contributed by atoms with van der Waals surface area (Å²) in [5.74, 6) is 0. The maximum atomic E-state index is 5.28. The molecule has 0 aliphatic heterocycles. The second kappa shape index (κ2) is 7.30. The molecule has 1 N–H and O–H groups in total. The molecule has 0 radical (unpaired) electrons. The van der Waals surface area contributed by atoms with Crippen LogP contribution in [0.1, 0.15) is 20.3 Å². The van der Waals surface area contributed by atoms with Gasteiger partial charge in [-0.1, -0.05) is 0 Å². The molecular formula is C10H24N2O. The zero-order valence-corrected chi connectivity index (χ0v) is 9.63. The van der Waals surface area contributed by atoms with Gasteiger partial charge >= 0.3 is 0 Å². The smallest absolute Gasteiger partial charge is 0.0695 e. The average Bonchev–Trinajstić information content (AvgIpc) is 2.15. The summed E-state index contributed by atoms with van der Waals surface area (Å²) in [5.41, 5.74) is 0. The van der Waals surface area contributed by atoms with Crippen LogP contribution in [0.3, 0.4) is 0 Å². The molecule has 0 saturated heterocycles. The van der Waals surface area contributed by atoms with Gasteiger partial charge in [0.25, 0.3) is 0 Å². The molecule has 80 valence electrons. The third-order valence-electron chi connectivity index (χ3n) is 2.68. The number of likely N-dealkylation sites (N-methyl/N-ethyl adjacent to an activating group) is 1. The van der Waals surface area contributed by atoms with Crippen LogP contribution in [0.25, 0.3) is 0 Å². The van der Waals surface area contributed by atoms with Crippen LogP contribution in [0.4, 0.5) is 0 Å². The minimum absolute atomic E-state index is 0.305. The number of ether oxygens (including phenoxy) is 1. The van der Waals surface area contributed by atoms with Gasteiger partial charge in [0.05, 0.1) is 6.10 Å². The molecule has 0 aromatic carbocycles. The number of rotatable bonds is 7. The molecule has 2 unspecified atom stereocenters. The van der Waals surface area contributed by atoms with Crippen molar-refractivity contribution in [1.29, 1.82) is 0 Å². The van der Waals surface area contributed by atoms with E-state index in [2.05, 4.69) is 31.1 Å². The van der Waals surface area contributed by atoms with Gasteiger partial charge in [-0.05, 0) is 47.5 Å². The summed E-state index contributed by atoms with van der Waals surface area (Å²) in [7, 11) is 5.90. The molecule has 0 fully saturated rings. The summed E-state index contributed by atoms with van der Waals surface area (Å²) in [6.45, 7) is 6.51. The first kappa shape index (κ1) is 12.9. The van der Waals surface area contributed by atoms with Crippen LogP contribution in [-0.2, 0) is 4.74 Å². The molecule has 2 atom stereocenters. The molecule has 0 rings (SSSR count). The fourth-order valence-corrected chi connectivity index (χ4v) is 1.26. The molecule has 0 aromatic heterocycles. The number of nitrogens with zero attached hydrogens (tertiary/aromatic N) is 1. The molecule has 0 aliphatic carbocycles. The third kappa shape index (κ3) is 5.24. The average molecular weight is 188 g/mol. The topological polar surface area (TPSA) is 24.5 Å². The Bertz CT molecular complexity index is 119. The molecule has 0 amide bonds. The van der Waals surface area contributed by atoms with E-state index in [1.54, 1.807) is 7.11 Å². The maximum Gasteiger partial charge on any atom is 0.0695 e. The summed E-state index contributed by atoms with van der Waals surface area (Å²) in [6, 6.07) is 0.488. The lowest BCUT2D eigenvalue weighted by molar-refractivity contribution is 0.0437. The van der Waals surface area contributed by atoms with Crippen molar-refractivity contribution in [2.24, 2.45) is 0 Å². The molecule has 0 saturated carbocycles. The van der Waals surface area contributed by atoms with Gasteiger partial charge in [0.2, 0.25) is 0 Å². The van der Waals surface area contributed by atoms with E-state index < -0.39 is 0 Å². The largest absolute Gasteiger partial charge is 0.380 e. The summed E-state index contributed by atoms with van der Waals surface area (Å²) in [5, 5.41) is 3.15. The number of hydrogen-bond donors (Lipinski definition) is 1. The highest BCUT2D eigenvalue weighted by atomic mass is 16.5. The minimum atomic E-state index is 0.305. The van der Waals surface area contributed by atoms with E-state index in [1.165, 1.54) is 6.42 Å². The number of nitrogens with one attached hydrogen (secondary N) is 1. The van der Waals surface area contributed by atoms with Crippen molar-refractivity contribution in [3.63, 3.8) is 0 Å². The molecule has 0 aromatic rings. The molecule has 0 aliphatic rings. The van der Waals surface area contributed by atoms with Crippen molar-refractivity contribution >= 4 is 0 Å². The zero-order chi connectivity index (χ0) is 10.3. The molecule has 0 bridgehead atoms. The van der Waals surface area contributed by atoms with E-state index in [0.717, 1.165) is 13.1 Å². The molecular weight excluding hydrogens is 164 g/mol. The van der Waals surface area contributed by atoms with Crippen LogP contribution in [0.5, 0.6) is 0 Å². The van der Waals surface area contributed by atoms with Crippen LogP contribution in [0.2, 0.25) is 0 Å². The van der Waals surface area contributed by atoms with Crippen molar-refractivity contribution in [3.05, 3.63) is 0 Å². The third-order valence-corrected chi connectivity index (χ3v) is 2.68. The zero-order valence-electron chi connectivity index (χ0n) is 9.63. The second-order valence-corrected chi connectivity index (χ2v) is 3.62. The van der Waals surface area contributed by atoms with E-state index >= 15 is 0 Å². The second-order valence-electron chi connectivity index (χ2n) is 3.62. The fourth-order valence-electron chi connectivity index (χ4n) is 1.26. The van der Waals surface area contributed by atoms with E-state index in [1.807, 2.05) is 7.05 Å². The van der Waals surface area contributed by atoms with E-state index in [0.29, 0.717) is 12.1 Å². The van der Waals surface area contributed by atoms with Crippen molar-refractivity contribution in [1.82, 2.24) is 10.2 Å². The predicted octanol–water partition coefficient (Wildman–Crippen LogP) is 0.951. The van der Waals surface area contributed by atoms with Gasteiger partial charge in [0, 0.05) is 13.2 Å². The minimum Gasteiger partial charge on any atom is -0.380 e. The Morgan fingerprint density at radius 1 is 1.38 bits per heavy atom. The van der Waals surface area contributed by atoms with Gasteiger partial charge in [-0.15, -0.1) is 0 Å². The first-order valence-corrected chi connectivity index (χ1v) is 5.01.